The quantitative estimate of drug-likeness (QED) is 0.745. The summed E-state index contributed by atoms with van der Waals surface area (Å²) in [5.41, 5.74) is -0.165. The second-order valence-corrected chi connectivity index (χ2v) is 4.43. The fourth-order valence-electron chi connectivity index (χ4n) is 1.94. The third-order valence-electron chi connectivity index (χ3n) is 3.33. The van der Waals surface area contributed by atoms with Gasteiger partial charge in [0.2, 0.25) is 5.91 Å². The van der Waals surface area contributed by atoms with Gasteiger partial charge in [0.1, 0.15) is 5.92 Å². The highest BCUT2D eigenvalue weighted by Crippen LogP contribution is 2.34. The summed E-state index contributed by atoms with van der Waals surface area (Å²) in [6.07, 6.45) is 4.62. The molecule has 0 spiro atoms. The Balaban J connectivity index is 2.36. The fraction of sp³-hybridized carbons (Fsp3) is 0.833. The number of rotatable bonds is 6. The molecule has 1 atom stereocenters. The molecule has 0 saturated heterocycles. The normalized spacial score (nSPS) is 19.3. The number of nitrogens with zero attached hydrogens (tertiary/aromatic N) is 1. The van der Waals surface area contributed by atoms with Crippen LogP contribution in [0.5, 0.6) is 0 Å². The van der Waals surface area contributed by atoms with E-state index in [1.807, 2.05) is 13.0 Å². The molecule has 0 bridgehead atoms. The van der Waals surface area contributed by atoms with Crippen LogP contribution in [0.25, 0.3) is 0 Å². The van der Waals surface area contributed by atoms with Crippen LogP contribution < -0.4 is 5.32 Å². The molecule has 0 aromatic heterocycles. The van der Waals surface area contributed by atoms with Crippen molar-refractivity contribution in [3.63, 3.8) is 0 Å². The topological polar surface area (TPSA) is 62.1 Å². The predicted molar refractivity (Wildman–Crippen MR) is 60.6 cm³/mol. The number of nitriles is 1. The van der Waals surface area contributed by atoms with Gasteiger partial charge in [0.05, 0.1) is 11.7 Å². The van der Waals surface area contributed by atoms with Gasteiger partial charge in [-0.15, -0.1) is 0 Å². The second kappa shape index (κ2) is 5.86. The van der Waals surface area contributed by atoms with Crippen molar-refractivity contribution in [3.8, 4) is 6.07 Å². The SMILES string of the molecule is CCCC(C#N)C(=O)NCC1(OC)CCC1. The Bertz CT molecular complexity index is 274. The molecule has 0 heterocycles. The van der Waals surface area contributed by atoms with Crippen molar-refractivity contribution in [1.29, 1.82) is 5.26 Å². The zero-order chi connectivity index (χ0) is 12.0. The molecule has 1 amide bonds. The number of carbonyl (C=O) groups is 1. The van der Waals surface area contributed by atoms with Crippen molar-refractivity contribution in [3.05, 3.63) is 0 Å². The van der Waals surface area contributed by atoms with Gasteiger partial charge in [-0.05, 0) is 25.7 Å². The third kappa shape index (κ3) is 2.96. The Morgan fingerprint density at radius 2 is 2.31 bits per heavy atom. The summed E-state index contributed by atoms with van der Waals surface area (Å²) in [6.45, 7) is 2.50. The van der Waals surface area contributed by atoms with Gasteiger partial charge in [-0.1, -0.05) is 13.3 Å². The predicted octanol–water partition coefficient (Wildman–Crippen LogP) is 1.61. The Labute approximate surface area is 97.0 Å². The van der Waals surface area contributed by atoms with Crippen LogP contribution in [0.1, 0.15) is 39.0 Å². The highest BCUT2D eigenvalue weighted by Gasteiger charge is 2.37. The van der Waals surface area contributed by atoms with Crippen molar-refractivity contribution in [2.45, 2.75) is 44.6 Å². The first kappa shape index (κ1) is 13.0. The van der Waals surface area contributed by atoms with Gasteiger partial charge in [0.25, 0.3) is 0 Å². The molecule has 1 N–H and O–H groups in total. The lowest BCUT2D eigenvalue weighted by Crippen LogP contribution is -2.50. The van der Waals surface area contributed by atoms with Crippen LogP contribution in [0, 0.1) is 17.2 Å². The van der Waals surface area contributed by atoms with E-state index in [1.165, 1.54) is 0 Å². The minimum Gasteiger partial charge on any atom is -0.376 e. The van der Waals surface area contributed by atoms with Gasteiger partial charge in [-0.25, -0.2) is 0 Å². The Morgan fingerprint density at radius 1 is 1.62 bits per heavy atom. The largest absolute Gasteiger partial charge is 0.376 e. The minimum absolute atomic E-state index is 0.160. The number of methoxy groups -OCH3 is 1. The van der Waals surface area contributed by atoms with Gasteiger partial charge in [0, 0.05) is 13.7 Å². The summed E-state index contributed by atoms with van der Waals surface area (Å²) in [6, 6.07) is 2.04. The average Bonchev–Trinajstić information content (AvgIpc) is 2.24. The van der Waals surface area contributed by atoms with Crippen molar-refractivity contribution >= 4 is 5.91 Å². The van der Waals surface area contributed by atoms with Crippen LogP contribution in [0.3, 0.4) is 0 Å². The minimum atomic E-state index is -0.515. The molecule has 90 valence electrons. The number of hydrogen-bond donors (Lipinski definition) is 1. The molecule has 4 heteroatoms. The smallest absolute Gasteiger partial charge is 0.237 e. The zero-order valence-corrected chi connectivity index (χ0v) is 10.1. The van der Waals surface area contributed by atoms with E-state index >= 15 is 0 Å². The molecule has 1 rings (SSSR count). The summed E-state index contributed by atoms with van der Waals surface area (Å²) in [5.74, 6) is -0.674. The Kier molecular flexibility index (Phi) is 4.75. The van der Waals surface area contributed by atoms with E-state index in [0.717, 1.165) is 25.7 Å². The molecular formula is C12H20N2O2. The van der Waals surface area contributed by atoms with Crippen LogP contribution in [-0.2, 0) is 9.53 Å². The standard InChI is InChI=1S/C12H20N2O2/c1-3-5-10(8-13)11(15)14-9-12(16-2)6-4-7-12/h10H,3-7,9H2,1-2H3,(H,14,15). The molecule has 1 aliphatic rings. The van der Waals surface area contributed by atoms with Crippen LogP contribution >= 0.6 is 0 Å². The van der Waals surface area contributed by atoms with Gasteiger partial charge >= 0.3 is 0 Å². The van der Waals surface area contributed by atoms with E-state index in [9.17, 15) is 4.79 Å². The van der Waals surface area contributed by atoms with E-state index in [1.54, 1.807) is 7.11 Å². The zero-order valence-electron chi connectivity index (χ0n) is 10.1. The highest BCUT2D eigenvalue weighted by molar-refractivity contribution is 5.81. The highest BCUT2D eigenvalue weighted by atomic mass is 16.5. The summed E-state index contributed by atoms with van der Waals surface area (Å²) in [7, 11) is 1.68. The van der Waals surface area contributed by atoms with Crippen LogP contribution in [0.4, 0.5) is 0 Å². The fourth-order valence-corrected chi connectivity index (χ4v) is 1.94. The van der Waals surface area contributed by atoms with Crippen LogP contribution in [0.2, 0.25) is 0 Å². The number of carbonyl (C=O) groups excluding carboxylic acids is 1. The molecule has 1 fully saturated rings. The first-order chi connectivity index (χ1) is 7.67. The second-order valence-electron chi connectivity index (χ2n) is 4.43. The van der Waals surface area contributed by atoms with Crippen molar-refractivity contribution in [2.75, 3.05) is 13.7 Å². The molecule has 0 aromatic carbocycles. The van der Waals surface area contributed by atoms with E-state index < -0.39 is 5.92 Å². The molecule has 4 nitrogen and oxygen atoms in total. The molecule has 0 aromatic rings. The number of nitrogens with one attached hydrogen (secondary N) is 1. The van der Waals surface area contributed by atoms with E-state index in [4.69, 9.17) is 10.00 Å². The van der Waals surface area contributed by atoms with E-state index in [0.29, 0.717) is 13.0 Å². The molecule has 1 aliphatic carbocycles. The monoisotopic (exact) mass is 224 g/mol. The number of hydrogen-bond acceptors (Lipinski definition) is 3. The van der Waals surface area contributed by atoms with Gasteiger partial charge in [-0.3, -0.25) is 4.79 Å². The molecular weight excluding hydrogens is 204 g/mol. The summed E-state index contributed by atoms with van der Waals surface area (Å²) < 4.78 is 5.40. The van der Waals surface area contributed by atoms with Crippen molar-refractivity contribution in [2.24, 2.45) is 5.92 Å². The van der Waals surface area contributed by atoms with E-state index in [-0.39, 0.29) is 11.5 Å². The first-order valence-electron chi connectivity index (χ1n) is 5.90. The van der Waals surface area contributed by atoms with Crippen molar-refractivity contribution in [1.82, 2.24) is 5.32 Å². The average molecular weight is 224 g/mol. The third-order valence-corrected chi connectivity index (χ3v) is 3.33. The molecule has 1 unspecified atom stereocenters. The summed E-state index contributed by atoms with van der Waals surface area (Å²) in [5, 5.41) is 11.7. The lowest BCUT2D eigenvalue weighted by molar-refractivity contribution is -0.127. The van der Waals surface area contributed by atoms with Gasteiger partial charge in [-0.2, -0.15) is 5.26 Å². The lowest BCUT2D eigenvalue weighted by atomic mass is 9.80. The van der Waals surface area contributed by atoms with Crippen LogP contribution in [0.15, 0.2) is 0 Å². The Morgan fingerprint density at radius 3 is 2.69 bits per heavy atom. The summed E-state index contributed by atoms with van der Waals surface area (Å²) in [4.78, 5) is 11.7. The molecule has 1 saturated carbocycles. The molecule has 0 radical (unpaired) electrons. The van der Waals surface area contributed by atoms with E-state index in [2.05, 4.69) is 5.32 Å². The maximum absolute atomic E-state index is 11.7. The number of ether oxygens (including phenoxy) is 1. The Hall–Kier alpha value is -1.08. The van der Waals surface area contributed by atoms with Gasteiger partial charge < -0.3 is 10.1 Å². The summed E-state index contributed by atoms with van der Waals surface area (Å²) >= 11 is 0. The maximum Gasteiger partial charge on any atom is 0.237 e. The molecule has 16 heavy (non-hydrogen) atoms. The van der Waals surface area contributed by atoms with Crippen LogP contribution in [-0.4, -0.2) is 25.2 Å². The van der Waals surface area contributed by atoms with Gasteiger partial charge in [0.15, 0.2) is 0 Å². The lowest BCUT2D eigenvalue weighted by Gasteiger charge is -2.40. The number of amides is 1. The van der Waals surface area contributed by atoms with Crippen molar-refractivity contribution < 1.29 is 9.53 Å². The maximum atomic E-state index is 11.7. The molecule has 0 aliphatic heterocycles. The first-order valence-corrected chi connectivity index (χ1v) is 5.90.